The van der Waals surface area contributed by atoms with Gasteiger partial charge in [-0.1, -0.05) is 0 Å². The van der Waals surface area contributed by atoms with Gasteiger partial charge in [0.1, 0.15) is 0 Å². The van der Waals surface area contributed by atoms with Crippen molar-refractivity contribution in [2.24, 2.45) is 0 Å². The van der Waals surface area contributed by atoms with Crippen LogP contribution in [0.4, 0.5) is 0 Å². The fourth-order valence-electron chi connectivity index (χ4n) is 0.275. The molecule has 0 amide bonds. The first-order chi connectivity index (χ1) is 3.68. The van der Waals surface area contributed by atoms with Gasteiger partial charge >= 0.3 is 51.4 Å². The zero-order chi connectivity index (χ0) is 6.57. The molecule has 0 aliphatic carbocycles. The van der Waals surface area contributed by atoms with Crippen LogP contribution in [0.15, 0.2) is 17.4 Å². The topological polar surface area (TPSA) is 40.1 Å². The standard InChI is InChI=1S/C6H8O2.K/c1-3-4-5(2)6(7)8;/h3H,1-2H3,(H,7,8);/q;+1/p-1. The minimum atomic E-state index is -1.16. The van der Waals surface area contributed by atoms with Crippen LogP contribution >= 0.6 is 0 Å². The molecule has 0 saturated carbocycles. The first-order valence-electron chi connectivity index (χ1n) is 2.27. The third-order valence-corrected chi connectivity index (χ3v) is 0.667. The second-order valence-electron chi connectivity index (χ2n) is 1.35. The zero-order valence-corrected chi connectivity index (χ0v) is 9.02. The number of aliphatic carboxylic acids is 1. The van der Waals surface area contributed by atoms with Crippen molar-refractivity contribution in [3.05, 3.63) is 17.4 Å². The Morgan fingerprint density at radius 1 is 1.67 bits per heavy atom. The maximum atomic E-state index is 9.86. The molecule has 2 nitrogen and oxygen atoms in total. The molecule has 0 spiro atoms. The van der Waals surface area contributed by atoms with E-state index in [1.54, 1.807) is 6.92 Å². The number of carboxylic acids is 1. The van der Waals surface area contributed by atoms with Crippen molar-refractivity contribution in [2.45, 2.75) is 13.8 Å². The van der Waals surface area contributed by atoms with Crippen LogP contribution in [0.25, 0.3) is 0 Å². The molecular formula is C6H7KO2. The number of hydrogen-bond donors (Lipinski definition) is 0. The molecule has 0 bridgehead atoms. The van der Waals surface area contributed by atoms with E-state index in [0.717, 1.165) is 0 Å². The van der Waals surface area contributed by atoms with Gasteiger partial charge in [0.2, 0.25) is 0 Å². The quantitative estimate of drug-likeness (QED) is 0.225. The van der Waals surface area contributed by atoms with Crippen molar-refractivity contribution in [2.75, 3.05) is 0 Å². The summed E-state index contributed by atoms with van der Waals surface area (Å²) in [7, 11) is 0. The third kappa shape index (κ3) is 6.51. The Morgan fingerprint density at radius 2 is 2.11 bits per heavy atom. The van der Waals surface area contributed by atoms with Crippen molar-refractivity contribution in [1.82, 2.24) is 0 Å². The van der Waals surface area contributed by atoms with Gasteiger partial charge in [-0.2, -0.15) is 0 Å². The minimum Gasteiger partial charge on any atom is -0.545 e. The van der Waals surface area contributed by atoms with Crippen molar-refractivity contribution in [3.8, 4) is 0 Å². The summed E-state index contributed by atoms with van der Waals surface area (Å²) in [6.07, 6.45) is 1.53. The average molecular weight is 150 g/mol. The number of carbonyl (C=O) groups excluding carboxylic acids is 1. The van der Waals surface area contributed by atoms with E-state index in [4.69, 9.17) is 0 Å². The van der Waals surface area contributed by atoms with E-state index in [9.17, 15) is 9.90 Å². The number of rotatable bonds is 1. The number of carbonyl (C=O) groups is 1. The Kier molecular flexibility index (Phi) is 9.23. The summed E-state index contributed by atoms with van der Waals surface area (Å²) < 4.78 is 0. The third-order valence-electron chi connectivity index (χ3n) is 0.667. The second-order valence-corrected chi connectivity index (χ2v) is 1.35. The molecule has 0 aromatic heterocycles. The van der Waals surface area contributed by atoms with Crippen LogP contribution in [-0.4, -0.2) is 5.97 Å². The van der Waals surface area contributed by atoms with Crippen LogP contribution < -0.4 is 56.5 Å². The molecule has 44 valence electrons. The summed E-state index contributed by atoms with van der Waals surface area (Å²) in [5, 5.41) is 9.86. The normalized spacial score (nSPS) is 6.44. The van der Waals surface area contributed by atoms with E-state index in [2.05, 4.69) is 5.73 Å². The molecule has 9 heavy (non-hydrogen) atoms. The Bertz CT molecular complexity index is 154. The van der Waals surface area contributed by atoms with Gasteiger partial charge in [-0.05, 0) is 19.9 Å². The molecule has 3 heteroatoms. The van der Waals surface area contributed by atoms with Crippen molar-refractivity contribution < 1.29 is 61.3 Å². The predicted octanol–water partition coefficient (Wildman–Crippen LogP) is -3.14. The van der Waals surface area contributed by atoms with Crippen LogP contribution in [0.2, 0.25) is 0 Å². The Balaban J connectivity index is 0. The average Bonchev–Trinajstić information content (AvgIpc) is 1.67. The molecule has 0 atom stereocenters. The van der Waals surface area contributed by atoms with Gasteiger partial charge in [0.25, 0.3) is 0 Å². The Labute approximate surface area is 97.1 Å². The molecule has 0 aliphatic heterocycles. The van der Waals surface area contributed by atoms with E-state index in [1.807, 2.05) is 0 Å². The Morgan fingerprint density at radius 3 is 2.22 bits per heavy atom. The van der Waals surface area contributed by atoms with Gasteiger partial charge in [-0.15, -0.1) is 5.73 Å². The molecule has 0 aromatic carbocycles. The smallest absolute Gasteiger partial charge is 0.545 e. The molecule has 0 aromatic rings. The summed E-state index contributed by atoms with van der Waals surface area (Å²) >= 11 is 0. The van der Waals surface area contributed by atoms with Crippen LogP contribution in [0.1, 0.15) is 13.8 Å². The molecule has 0 saturated heterocycles. The molecule has 0 N–H and O–H groups in total. The van der Waals surface area contributed by atoms with Crippen LogP contribution in [0.5, 0.6) is 0 Å². The zero-order valence-electron chi connectivity index (χ0n) is 5.89. The summed E-state index contributed by atoms with van der Waals surface area (Å²) in [5.41, 5.74) is 2.61. The van der Waals surface area contributed by atoms with Gasteiger partial charge < -0.3 is 9.90 Å². The molecular weight excluding hydrogens is 143 g/mol. The number of hydrogen-bond acceptors (Lipinski definition) is 2. The molecule has 0 fully saturated rings. The van der Waals surface area contributed by atoms with Gasteiger partial charge in [-0.25, -0.2) is 0 Å². The second kappa shape index (κ2) is 6.74. The summed E-state index contributed by atoms with van der Waals surface area (Å²) in [5.74, 6) is -1.16. The molecule has 0 rings (SSSR count). The van der Waals surface area contributed by atoms with Crippen molar-refractivity contribution >= 4 is 5.97 Å². The summed E-state index contributed by atoms with van der Waals surface area (Å²) in [6.45, 7) is 3.14. The first kappa shape index (κ1) is 12.3. The largest absolute Gasteiger partial charge is 1.00 e. The minimum absolute atomic E-state index is 0. The van der Waals surface area contributed by atoms with Gasteiger partial charge in [0, 0.05) is 5.57 Å². The molecule has 0 unspecified atom stereocenters. The maximum absolute atomic E-state index is 9.86. The number of carboxylic acid groups (broad SMARTS) is 1. The summed E-state index contributed by atoms with van der Waals surface area (Å²) in [4.78, 5) is 9.86. The van der Waals surface area contributed by atoms with Gasteiger partial charge in [0.05, 0.1) is 5.97 Å². The van der Waals surface area contributed by atoms with Crippen molar-refractivity contribution in [3.63, 3.8) is 0 Å². The fraction of sp³-hybridized carbons (Fsp3) is 0.333. The monoisotopic (exact) mass is 150 g/mol. The first-order valence-corrected chi connectivity index (χ1v) is 2.27. The molecule has 0 heterocycles. The summed E-state index contributed by atoms with van der Waals surface area (Å²) in [6, 6.07) is 0. The molecule has 0 radical (unpaired) electrons. The van der Waals surface area contributed by atoms with Crippen LogP contribution in [-0.2, 0) is 4.79 Å². The van der Waals surface area contributed by atoms with Crippen LogP contribution in [0, 0.1) is 0 Å². The SMILES string of the molecule is CC=C=C(C)C(=O)[O-].[K+]. The molecule has 0 aliphatic rings. The van der Waals surface area contributed by atoms with E-state index >= 15 is 0 Å². The Hall–Kier alpha value is 0.626. The van der Waals surface area contributed by atoms with Crippen molar-refractivity contribution in [1.29, 1.82) is 0 Å². The van der Waals surface area contributed by atoms with Gasteiger partial charge in [0.15, 0.2) is 0 Å². The maximum Gasteiger partial charge on any atom is 1.00 e. The van der Waals surface area contributed by atoms with Gasteiger partial charge in [-0.3, -0.25) is 0 Å². The van der Waals surface area contributed by atoms with Crippen LogP contribution in [0.3, 0.4) is 0 Å². The van der Waals surface area contributed by atoms with E-state index in [0.29, 0.717) is 0 Å². The predicted molar refractivity (Wildman–Crippen MR) is 28.0 cm³/mol. The van der Waals surface area contributed by atoms with E-state index in [1.165, 1.54) is 13.0 Å². The van der Waals surface area contributed by atoms with E-state index in [-0.39, 0.29) is 57.0 Å². The van der Waals surface area contributed by atoms with E-state index < -0.39 is 5.97 Å². The fourth-order valence-corrected chi connectivity index (χ4v) is 0.275.